The van der Waals surface area contributed by atoms with E-state index in [4.69, 9.17) is 5.73 Å². The molecule has 0 radical (unpaired) electrons. The van der Waals surface area contributed by atoms with Crippen molar-refractivity contribution in [3.05, 3.63) is 28.4 Å². The van der Waals surface area contributed by atoms with Crippen molar-refractivity contribution in [3.8, 4) is 5.75 Å². The standard InChI is InChI=1S/C11H13BrN2O/c1-14-8(5-6-13)10(12)7-3-2-4-9(15)11(7)14/h2-4,15H,5-6,13H2,1H3. The minimum Gasteiger partial charge on any atom is -0.506 e. The van der Waals surface area contributed by atoms with Crippen LogP contribution in [-0.2, 0) is 13.5 Å². The van der Waals surface area contributed by atoms with Gasteiger partial charge < -0.3 is 15.4 Å². The number of phenolic OH excluding ortho intramolecular Hbond substituents is 1. The fraction of sp³-hybridized carbons (Fsp3) is 0.273. The van der Waals surface area contributed by atoms with Crippen molar-refractivity contribution in [3.63, 3.8) is 0 Å². The molecule has 0 aliphatic rings. The first-order chi connectivity index (χ1) is 7.16. The lowest BCUT2D eigenvalue weighted by Gasteiger charge is -2.03. The Hall–Kier alpha value is -1.00. The predicted octanol–water partition coefficient (Wildman–Crippen LogP) is 2.15. The Morgan fingerprint density at radius 2 is 2.20 bits per heavy atom. The number of hydrogen-bond acceptors (Lipinski definition) is 2. The van der Waals surface area contributed by atoms with Crippen molar-refractivity contribution >= 4 is 26.8 Å². The molecule has 1 aromatic carbocycles. The van der Waals surface area contributed by atoms with Gasteiger partial charge in [0.25, 0.3) is 0 Å². The van der Waals surface area contributed by atoms with E-state index in [1.54, 1.807) is 6.07 Å². The molecule has 2 aromatic rings. The number of aromatic hydroxyl groups is 1. The molecule has 80 valence electrons. The van der Waals surface area contributed by atoms with Crippen molar-refractivity contribution in [2.45, 2.75) is 6.42 Å². The summed E-state index contributed by atoms with van der Waals surface area (Å²) in [6.07, 6.45) is 0.797. The number of benzene rings is 1. The van der Waals surface area contributed by atoms with E-state index in [-0.39, 0.29) is 0 Å². The molecule has 0 aliphatic carbocycles. The molecule has 0 atom stereocenters. The summed E-state index contributed by atoms with van der Waals surface area (Å²) < 4.78 is 3.02. The molecule has 3 N–H and O–H groups in total. The molecule has 0 saturated heterocycles. The molecule has 1 aromatic heterocycles. The number of nitrogens with zero attached hydrogens (tertiary/aromatic N) is 1. The lowest BCUT2D eigenvalue weighted by Crippen LogP contribution is -2.06. The van der Waals surface area contributed by atoms with E-state index in [1.165, 1.54) is 0 Å². The Labute approximate surface area is 96.6 Å². The van der Waals surface area contributed by atoms with Gasteiger partial charge in [0.05, 0.1) is 5.52 Å². The molecule has 0 unspecified atom stereocenters. The van der Waals surface area contributed by atoms with Crippen LogP contribution in [0.25, 0.3) is 10.9 Å². The van der Waals surface area contributed by atoms with Gasteiger partial charge in [-0.05, 0) is 28.5 Å². The molecule has 0 amide bonds. The third kappa shape index (κ3) is 1.54. The van der Waals surface area contributed by atoms with Crippen molar-refractivity contribution in [2.24, 2.45) is 12.8 Å². The van der Waals surface area contributed by atoms with Crippen LogP contribution in [0.5, 0.6) is 5.75 Å². The first-order valence-corrected chi connectivity index (χ1v) is 5.61. The van der Waals surface area contributed by atoms with Gasteiger partial charge in [0.2, 0.25) is 0 Å². The predicted molar refractivity (Wildman–Crippen MR) is 65.0 cm³/mol. The number of aromatic nitrogens is 1. The maximum absolute atomic E-state index is 9.79. The van der Waals surface area contributed by atoms with E-state index in [2.05, 4.69) is 15.9 Å². The Bertz CT molecular complexity index is 505. The fourth-order valence-electron chi connectivity index (χ4n) is 1.91. The summed E-state index contributed by atoms with van der Waals surface area (Å²) >= 11 is 3.55. The first kappa shape index (κ1) is 10.5. The summed E-state index contributed by atoms with van der Waals surface area (Å²) in [4.78, 5) is 0. The molecule has 0 saturated carbocycles. The van der Waals surface area contributed by atoms with Crippen molar-refractivity contribution in [1.82, 2.24) is 4.57 Å². The Morgan fingerprint density at radius 3 is 2.80 bits per heavy atom. The molecule has 0 aliphatic heterocycles. The van der Waals surface area contributed by atoms with E-state index in [0.717, 1.165) is 27.5 Å². The topological polar surface area (TPSA) is 51.2 Å². The van der Waals surface area contributed by atoms with E-state index >= 15 is 0 Å². The second-order valence-electron chi connectivity index (χ2n) is 3.53. The number of hydrogen-bond donors (Lipinski definition) is 2. The van der Waals surface area contributed by atoms with Gasteiger partial charge in [-0.15, -0.1) is 0 Å². The zero-order valence-corrected chi connectivity index (χ0v) is 10.1. The number of phenols is 1. The van der Waals surface area contributed by atoms with Crippen LogP contribution < -0.4 is 5.73 Å². The average molecular weight is 269 g/mol. The Kier molecular flexibility index (Phi) is 2.71. The summed E-state index contributed by atoms with van der Waals surface area (Å²) in [6.45, 7) is 0.601. The number of para-hydroxylation sites is 1. The van der Waals surface area contributed by atoms with Gasteiger partial charge in [-0.25, -0.2) is 0 Å². The Morgan fingerprint density at radius 1 is 1.47 bits per heavy atom. The fourth-order valence-corrected chi connectivity index (χ4v) is 2.70. The van der Waals surface area contributed by atoms with Crippen LogP contribution in [0.15, 0.2) is 22.7 Å². The molecular formula is C11H13BrN2O. The number of halogens is 1. The van der Waals surface area contributed by atoms with E-state index in [1.807, 2.05) is 23.7 Å². The van der Waals surface area contributed by atoms with Crippen LogP contribution in [0.3, 0.4) is 0 Å². The number of fused-ring (bicyclic) bond motifs is 1. The van der Waals surface area contributed by atoms with E-state index in [0.29, 0.717) is 12.3 Å². The minimum atomic E-state index is 0.305. The third-order valence-electron chi connectivity index (χ3n) is 2.63. The Balaban J connectivity index is 2.79. The quantitative estimate of drug-likeness (QED) is 0.877. The van der Waals surface area contributed by atoms with Crippen molar-refractivity contribution < 1.29 is 5.11 Å². The van der Waals surface area contributed by atoms with Crippen molar-refractivity contribution in [2.75, 3.05) is 6.54 Å². The molecule has 3 nitrogen and oxygen atoms in total. The van der Waals surface area contributed by atoms with E-state index < -0.39 is 0 Å². The molecule has 0 fully saturated rings. The maximum atomic E-state index is 9.79. The summed E-state index contributed by atoms with van der Waals surface area (Å²) in [5.41, 5.74) is 7.54. The molecule has 4 heteroatoms. The first-order valence-electron chi connectivity index (χ1n) is 4.81. The number of rotatable bonds is 2. The van der Waals surface area contributed by atoms with Crippen LogP contribution >= 0.6 is 15.9 Å². The highest BCUT2D eigenvalue weighted by Crippen LogP contribution is 2.34. The van der Waals surface area contributed by atoms with Gasteiger partial charge in [0.15, 0.2) is 0 Å². The molecule has 1 heterocycles. The largest absolute Gasteiger partial charge is 0.506 e. The van der Waals surface area contributed by atoms with Gasteiger partial charge in [-0.3, -0.25) is 0 Å². The summed E-state index contributed by atoms with van der Waals surface area (Å²) in [6, 6.07) is 5.52. The molecule has 0 bridgehead atoms. The summed E-state index contributed by atoms with van der Waals surface area (Å²) in [7, 11) is 1.94. The van der Waals surface area contributed by atoms with Crippen LogP contribution in [0, 0.1) is 0 Å². The monoisotopic (exact) mass is 268 g/mol. The SMILES string of the molecule is Cn1c(CCN)c(Br)c2cccc(O)c21. The molecule has 0 spiro atoms. The van der Waals surface area contributed by atoms with Gasteiger partial charge in [0, 0.05) is 29.0 Å². The summed E-state index contributed by atoms with van der Waals surface area (Å²) in [5.74, 6) is 0.305. The van der Waals surface area contributed by atoms with Crippen LogP contribution in [0.1, 0.15) is 5.69 Å². The maximum Gasteiger partial charge on any atom is 0.139 e. The highest BCUT2D eigenvalue weighted by atomic mass is 79.9. The van der Waals surface area contributed by atoms with Crippen molar-refractivity contribution in [1.29, 1.82) is 0 Å². The second-order valence-corrected chi connectivity index (χ2v) is 4.32. The average Bonchev–Trinajstić information content (AvgIpc) is 2.45. The zero-order chi connectivity index (χ0) is 11.0. The molecule has 2 rings (SSSR count). The third-order valence-corrected chi connectivity index (χ3v) is 3.51. The summed E-state index contributed by atoms with van der Waals surface area (Å²) in [5, 5.41) is 10.8. The molecular weight excluding hydrogens is 256 g/mol. The highest BCUT2D eigenvalue weighted by molar-refractivity contribution is 9.10. The van der Waals surface area contributed by atoms with Crippen LogP contribution in [0.4, 0.5) is 0 Å². The molecule has 15 heavy (non-hydrogen) atoms. The number of nitrogens with two attached hydrogens (primary N) is 1. The van der Waals surface area contributed by atoms with E-state index in [9.17, 15) is 5.11 Å². The highest BCUT2D eigenvalue weighted by Gasteiger charge is 2.14. The van der Waals surface area contributed by atoms with Gasteiger partial charge in [-0.2, -0.15) is 0 Å². The van der Waals surface area contributed by atoms with Gasteiger partial charge in [-0.1, -0.05) is 12.1 Å². The lowest BCUT2D eigenvalue weighted by molar-refractivity contribution is 0.478. The van der Waals surface area contributed by atoms with Crippen LogP contribution in [-0.4, -0.2) is 16.2 Å². The zero-order valence-electron chi connectivity index (χ0n) is 8.50. The number of aryl methyl sites for hydroxylation is 1. The second kappa shape index (κ2) is 3.87. The smallest absolute Gasteiger partial charge is 0.139 e. The normalized spacial score (nSPS) is 11.1. The minimum absolute atomic E-state index is 0.305. The van der Waals surface area contributed by atoms with Gasteiger partial charge >= 0.3 is 0 Å². The van der Waals surface area contributed by atoms with Crippen LogP contribution in [0.2, 0.25) is 0 Å². The van der Waals surface area contributed by atoms with Gasteiger partial charge in [0.1, 0.15) is 5.75 Å². The lowest BCUT2D eigenvalue weighted by atomic mass is 10.2.